The zero-order valence-electron chi connectivity index (χ0n) is 14.1. The molecule has 0 saturated heterocycles. The van der Waals surface area contributed by atoms with Gasteiger partial charge in [0.15, 0.2) is 0 Å². The molecule has 1 aliphatic rings. The molecule has 146 valence electrons. The maximum absolute atomic E-state index is 11.1. The summed E-state index contributed by atoms with van der Waals surface area (Å²) in [5.74, 6) is 0.292. The minimum atomic E-state index is -1.13. The van der Waals surface area contributed by atoms with Crippen molar-refractivity contribution in [1.29, 1.82) is 0 Å². The average molecular weight is 399 g/mol. The van der Waals surface area contributed by atoms with Crippen LogP contribution < -0.4 is 5.32 Å². The predicted octanol–water partition coefficient (Wildman–Crippen LogP) is 1.88. The van der Waals surface area contributed by atoms with Crippen molar-refractivity contribution < 1.29 is 29.7 Å². The van der Waals surface area contributed by atoms with Crippen LogP contribution in [-0.4, -0.2) is 58.9 Å². The fourth-order valence-electron chi connectivity index (χ4n) is 2.86. The molecule has 9 nitrogen and oxygen atoms in total. The second-order valence-corrected chi connectivity index (χ2v) is 8.64. The maximum Gasteiger partial charge on any atom is 0.303 e. The van der Waals surface area contributed by atoms with Crippen LogP contribution in [0.5, 0.6) is 0 Å². The topological polar surface area (TPSA) is 131 Å². The molecule has 0 aliphatic heterocycles. The van der Waals surface area contributed by atoms with Crippen molar-refractivity contribution in [2.24, 2.45) is 5.41 Å². The molecule has 0 radical (unpaired) electrons. The van der Waals surface area contributed by atoms with Crippen LogP contribution in [0.4, 0.5) is 0 Å². The zero-order valence-corrected chi connectivity index (χ0v) is 15.7. The molecular formula is C14H26N2O7S2. The number of aliphatic carboxylic acids is 1. The highest BCUT2D eigenvalue weighted by Crippen LogP contribution is 2.38. The normalized spacial score (nSPS) is 17.8. The molecule has 0 amide bonds. The Hall–Kier alpha value is -0.750. The molecule has 0 spiro atoms. The third-order valence-corrected chi connectivity index (χ3v) is 6.31. The van der Waals surface area contributed by atoms with E-state index in [0.29, 0.717) is 24.7 Å². The van der Waals surface area contributed by atoms with Gasteiger partial charge in [-0.25, -0.2) is 0 Å². The van der Waals surface area contributed by atoms with Crippen LogP contribution in [-0.2, 0) is 14.4 Å². The van der Waals surface area contributed by atoms with Crippen LogP contribution in [0, 0.1) is 15.5 Å². The molecule has 0 aromatic rings. The van der Waals surface area contributed by atoms with Gasteiger partial charge in [0.1, 0.15) is 6.61 Å². The summed E-state index contributed by atoms with van der Waals surface area (Å²) in [6, 6.07) is 0. The van der Waals surface area contributed by atoms with Gasteiger partial charge in [-0.05, 0) is 18.3 Å². The molecule has 1 fully saturated rings. The predicted molar refractivity (Wildman–Crippen MR) is 95.6 cm³/mol. The van der Waals surface area contributed by atoms with Crippen molar-refractivity contribution in [2.45, 2.75) is 44.9 Å². The van der Waals surface area contributed by atoms with Gasteiger partial charge in [-0.3, -0.25) is 10.1 Å². The van der Waals surface area contributed by atoms with Crippen LogP contribution in [0.2, 0.25) is 0 Å². The van der Waals surface area contributed by atoms with Gasteiger partial charge in [0.25, 0.3) is 5.09 Å². The lowest BCUT2D eigenvalue weighted by Crippen LogP contribution is -2.43. The third kappa shape index (κ3) is 10.8. The highest BCUT2D eigenvalue weighted by Gasteiger charge is 2.34. The van der Waals surface area contributed by atoms with Gasteiger partial charge in [0, 0.05) is 18.1 Å². The second kappa shape index (κ2) is 12.6. The Morgan fingerprint density at radius 1 is 1.24 bits per heavy atom. The first-order valence-electron chi connectivity index (χ1n) is 8.20. The van der Waals surface area contributed by atoms with Gasteiger partial charge in [-0.2, -0.15) is 0 Å². The summed E-state index contributed by atoms with van der Waals surface area (Å²) in [4.78, 5) is 25.2. The highest BCUT2D eigenvalue weighted by atomic mass is 33.1. The minimum absolute atomic E-state index is 0.0430. The highest BCUT2D eigenvalue weighted by molar-refractivity contribution is 8.76. The minimum Gasteiger partial charge on any atom is -0.481 e. The molecule has 11 heteroatoms. The number of rotatable bonds is 14. The van der Waals surface area contributed by atoms with E-state index in [2.05, 4.69) is 10.2 Å². The first-order chi connectivity index (χ1) is 11.9. The summed E-state index contributed by atoms with van der Waals surface area (Å²) in [7, 11) is 2.90. The van der Waals surface area contributed by atoms with Crippen LogP contribution in [0.3, 0.4) is 0 Å². The van der Waals surface area contributed by atoms with E-state index in [-0.39, 0.29) is 18.4 Å². The molecule has 0 bridgehead atoms. The molecule has 1 aliphatic carbocycles. The van der Waals surface area contributed by atoms with Gasteiger partial charge in [-0.15, -0.1) is 10.1 Å². The lowest BCUT2D eigenvalue weighted by atomic mass is 9.72. The zero-order chi connectivity index (χ0) is 18.5. The first-order valence-corrected chi connectivity index (χ1v) is 10.7. The Bertz CT molecular complexity index is 409. The van der Waals surface area contributed by atoms with E-state index in [9.17, 15) is 20.0 Å². The second-order valence-electron chi connectivity index (χ2n) is 5.94. The number of nitrogens with zero attached hydrogens (tertiary/aromatic N) is 1. The number of carboxylic acid groups (broad SMARTS) is 1. The van der Waals surface area contributed by atoms with E-state index < -0.39 is 17.5 Å². The van der Waals surface area contributed by atoms with Crippen LogP contribution in [0.1, 0.15) is 38.5 Å². The van der Waals surface area contributed by atoms with Crippen LogP contribution in [0.25, 0.3) is 0 Å². The summed E-state index contributed by atoms with van der Waals surface area (Å²) in [6.45, 7) is 0.774. The molecule has 1 atom stereocenters. The van der Waals surface area contributed by atoms with Crippen molar-refractivity contribution in [2.75, 3.05) is 31.3 Å². The summed E-state index contributed by atoms with van der Waals surface area (Å²) in [5, 5.41) is 31.0. The molecule has 0 heterocycles. The third-order valence-electron chi connectivity index (χ3n) is 3.98. The Morgan fingerprint density at radius 2 is 1.88 bits per heavy atom. The number of hydrogen-bond donors (Lipinski definition) is 3. The Morgan fingerprint density at radius 3 is 2.48 bits per heavy atom. The summed E-state index contributed by atoms with van der Waals surface area (Å²) in [6.07, 6.45) is 3.82. The summed E-state index contributed by atoms with van der Waals surface area (Å²) >= 11 is 0. The monoisotopic (exact) mass is 398 g/mol. The SMILES string of the molecule is O=C(O)CC1(CNC(O)OCCSSCCO[N+](=O)[O-])CCCCC1. The van der Waals surface area contributed by atoms with Gasteiger partial charge >= 0.3 is 5.97 Å². The van der Waals surface area contributed by atoms with Crippen molar-refractivity contribution >= 4 is 27.6 Å². The van der Waals surface area contributed by atoms with Gasteiger partial charge < -0.3 is 19.8 Å². The van der Waals surface area contributed by atoms with E-state index in [1.807, 2.05) is 0 Å². The van der Waals surface area contributed by atoms with Crippen molar-refractivity contribution in [3.8, 4) is 0 Å². The number of carbonyl (C=O) groups is 1. The Balaban J connectivity index is 2.11. The molecular weight excluding hydrogens is 372 g/mol. The lowest BCUT2D eigenvalue weighted by Gasteiger charge is -2.37. The Kier molecular flexibility index (Phi) is 11.2. The molecule has 1 unspecified atom stereocenters. The van der Waals surface area contributed by atoms with Crippen molar-refractivity contribution in [3.05, 3.63) is 10.1 Å². The standard InChI is InChI=1S/C14H26N2O7S2/c17-12(18)10-14(4-2-1-3-5-14)11-15-13(19)22-6-8-24-25-9-7-23-16(20)21/h13,15,19H,1-11H2,(H,17,18). The maximum atomic E-state index is 11.1. The van der Waals surface area contributed by atoms with Crippen molar-refractivity contribution in [1.82, 2.24) is 5.32 Å². The Labute approximate surface area is 154 Å². The van der Waals surface area contributed by atoms with Gasteiger partial charge in [0.2, 0.25) is 6.41 Å². The number of aliphatic hydroxyl groups is 1. The van der Waals surface area contributed by atoms with Crippen LogP contribution >= 0.6 is 21.6 Å². The molecule has 0 aromatic carbocycles. The smallest absolute Gasteiger partial charge is 0.303 e. The van der Waals surface area contributed by atoms with Gasteiger partial charge in [0.05, 0.1) is 13.0 Å². The van der Waals surface area contributed by atoms with E-state index in [1.165, 1.54) is 21.6 Å². The molecule has 3 N–H and O–H groups in total. The fourth-order valence-corrected chi connectivity index (χ4v) is 4.52. The molecule has 0 aromatic heterocycles. The number of nitrogens with one attached hydrogen (secondary N) is 1. The lowest BCUT2D eigenvalue weighted by molar-refractivity contribution is -0.756. The van der Waals surface area contributed by atoms with E-state index in [4.69, 9.17) is 9.84 Å². The number of ether oxygens (including phenoxy) is 1. The molecule has 1 saturated carbocycles. The van der Waals surface area contributed by atoms with Crippen LogP contribution in [0.15, 0.2) is 0 Å². The summed E-state index contributed by atoms with van der Waals surface area (Å²) < 4.78 is 5.25. The largest absolute Gasteiger partial charge is 0.481 e. The summed E-state index contributed by atoms with van der Waals surface area (Å²) in [5.41, 5.74) is -0.309. The van der Waals surface area contributed by atoms with E-state index in [1.54, 1.807) is 0 Å². The molecule has 25 heavy (non-hydrogen) atoms. The molecule has 1 rings (SSSR count). The number of carboxylic acids is 1. The fraction of sp³-hybridized carbons (Fsp3) is 0.929. The quantitative estimate of drug-likeness (QED) is 0.131. The first kappa shape index (κ1) is 22.3. The average Bonchev–Trinajstić information content (AvgIpc) is 2.55. The van der Waals surface area contributed by atoms with Crippen molar-refractivity contribution in [3.63, 3.8) is 0 Å². The van der Waals surface area contributed by atoms with E-state index >= 15 is 0 Å². The number of hydrogen-bond acceptors (Lipinski definition) is 9. The van der Waals surface area contributed by atoms with Gasteiger partial charge in [-0.1, -0.05) is 40.9 Å². The van der Waals surface area contributed by atoms with E-state index in [0.717, 1.165) is 32.1 Å². The number of aliphatic hydroxyl groups excluding tert-OH is 1.